The van der Waals surface area contributed by atoms with Crippen LogP contribution < -0.4 is 5.32 Å². The first-order chi connectivity index (χ1) is 10.4. The van der Waals surface area contributed by atoms with E-state index in [-0.39, 0.29) is 23.2 Å². The average molecular weight is 301 g/mol. The lowest BCUT2D eigenvalue weighted by atomic mass is 9.95. The number of carboxylic acid groups (broad SMARTS) is 1. The summed E-state index contributed by atoms with van der Waals surface area (Å²) in [4.78, 5) is 23.8. The topological polar surface area (TPSA) is 66.4 Å². The van der Waals surface area contributed by atoms with Crippen molar-refractivity contribution in [3.8, 4) is 0 Å². The molecule has 22 heavy (non-hydrogen) atoms. The minimum Gasteiger partial charge on any atom is -0.480 e. The predicted molar refractivity (Wildman–Crippen MR) is 83.6 cm³/mol. The van der Waals surface area contributed by atoms with Crippen molar-refractivity contribution in [2.45, 2.75) is 51.0 Å². The average Bonchev–Trinajstić information content (AvgIpc) is 3.08. The molecule has 118 valence electrons. The number of nitrogens with one attached hydrogen (secondary N) is 1. The highest BCUT2D eigenvalue weighted by atomic mass is 16.4. The third-order valence-electron chi connectivity index (χ3n) is 5.11. The summed E-state index contributed by atoms with van der Waals surface area (Å²) >= 11 is 0. The van der Waals surface area contributed by atoms with Crippen molar-refractivity contribution in [2.24, 2.45) is 11.8 Å². The fraction of sp³-hybridized carbons (Fsp3) is 0.556. The van der Waals surface area contributed by atoms with E-state index in [9.17, 15) is 14.7 Å². The first kappa shape index (κ1) is 15.1. The van der Waals surface area contributed by atoms with Gasteiger partial charge in [-0.3, -0.25) is 4.79 Å². The van der Waals surface area contributed by atoms with Crippen LogP contribution in [-0.4, -0.2) is 23.0 Å². The molecule has 0 aromatic heterocycles. The smallest absolute Gasteiger partial charge is 0.326 e. The fourth-order valence-corrected chi connectivity index (χ4v) is 3.90. The second-order valence-corrected chi connectivity index (χ2v) is 7.10. The number of amides is 1. The Hall–Kier alpha value is -1.84. The van der Waals surface area contributed by atoms with Gasteiger partial charge in [-0.25, -0.2) is 4.79 Å². The lowest BCUT2D eigenvalue weighted by Crippen LogP contribution is -2.43. The van der Waals surface area contributed by atoms with Crippen molar-refractivity contribution >= 4 is 11.9 Å². The van der Waals surface area contributed by atoms with E-state index in [1.165, 1.54) is 11.1 Å². The first-order valence-corrected chi connectivity index (χ1v) is 8.05. The molecule has 4 nitrogen and oxygen atoms in total. The van der Waals surface area contributed by atoms with Gasteiger partial charge in [0.15, 0.2) is 0 Å². The maximum Gasteiger partial charge on any atom is 0.326 e. The van der Waals surface area contributed by atoms with Crippen LogP contribution >= 0.6 is 0 Å². The maximum atomic E-state index is 12.5. The molecule has 2 N–H and O–H groups in total. The standard InChI is InChI=1S/C18H23NO3/c1-11(2)9-15(17(21)22)19-16(20)14-10-18(14)8-7-12-5-3-4-6-13(12)18/h3-6,11,14-15H,7-10H2,1-2H3,(H,19,20)(H,21,22). The van der Waals surface area contributed by atoms with Crippen LogP contribution in [0.2, 0.25) is 0 Å². The van der Waals surface area contributed by atoms with Gasteiger partial charge >= 0.3 is 5.97 Å². The first-order valence-electron chi connectivity index (χ1n) is 8.05. The van der Waals surface area contributed by atoms with Crippen molar-refractivity contribution in [3.63, 3.8) is 0 Å². The highest BCUT2D eigenvalue weighted by Gasteiger charge is 2.61. The van der Waals surface area contributed by atoms with E-state index in [4.69, 9.17) is 0 Å². The second-order valence-electron chi connectivity index (χ2n) is 7.10. The summed E-state index contributed by atoms with van der Waals surface area (Å²) in [5.74, 6) is -0.861. The Kier molecular flexibility index (Phi) is 3.71. The highest BCUT2D eigenvalue weighted by molar-refractivity contribution is 5.89. The van der Waals surface area contributed by atoms with Crippen LogP contribution in [0.5, 0.6) is 0 Å². The zero-order valence-electron chi connectivity index (χ0n) is 13.1. The number of carbonyl (C=O) groups is 2. The van der Waals surface area contributed by atoms with Gasteiger partial charge in [-0.15, -0.1) is 0 Å². The van der Waals surface area contributed by atoms with E-state index >= 15 is 0 Å². The number of hydrogen-bond acceptors (Lipinski definition) is 2. The van der Waals surface area contributed by atoms with Gasteiger partial charge in [0.2, 0.25) is 5.91 Å². The molecule has 1 aromatic rings. The van der Waals surface area contributed by atoms with E-state index < -0.39 is 12.0 Å². The monoisotopic (exact) mass is 301 g/mol. The number of carbonyl (C=O) groups excluding carboxylic acids is 1. The number of fused-ring (bicyclic) bond motifs is 2. The normalized spacial score (nSPS) is 26.8. The van der Waals surface area contributed by atoms with Gasteiger partial charge in [-0.2, -0.15) is 0 Å². The molecule has 1 spiro atoms. The van der Waals surface area contributed by atoms with Gasteiger partial charge in [0.1, 0.15) is 6.04 Å². The molecular weight excluding hydrogens is 278 g/mol. The molecular formula is C18H23NO3. The van der Waals surface area contributed by atoms with E-state index in [0.717, 1.165) is 19.3 Å². The molecule has 1 saturated carbocycles. The molecule has 1 fully saturated rings. The Morgan fingerprint density at radius 2 is 2.09 bits per heavy atom. The van der Waals surface area contributed by atoms with Gasteiger partial charge < -0.3 is 10.4 Å². The summed E-state index contributed by atoms with van der Waals surface area (Å²) in [5, 5.41) is 12.0. The molecule has 3 atom stereocenters. The Balaban J connectivity index is 1.70. The predicted octanol–water partition coefficient (Wildman–Crippen LogP) is 2.51. The molecule has 2 aliphatic carbocycles. The van der Waals surface area contributed by atoms with Crippen molar-refractivity contribution in [1.29, 1.82) is 0 Å². The SMILES string of the molecule is CC(C)CC(NC(=O)C1CC12CCc1ccccc12)C(=O)O. The van der Waals surface area contributed by atoms with Crippen molar-refractivity contribution in [2.75, 3.05) is 0 Å². The number of carboxylic acids is 1. The second kappa shape index (κ2) is 5.41. The van der Waals surface area contributed by atoms with Gasteiger partial charge in [0.05, 0.1) is 0 Å². The fourth-order valence-electron chi connectivity index (χ4n) is 3.90. The number of rotatable bonds is 5. The van der Waals surface area contributed by atoms with Gasteiger partial charge in [0, 0.05) is 11.3 Å². The number of hydrogen-bond donors (Lipinski definition) is 2. The Morgan fingerprint density at radius 3 is 2.77 bits per heavy atom. The summed E-state index contributed by atoms with van der Waals surface area (Å²) in [7, 11) is 0. The minimum absolute atomic E-state index is 0.0262. The Morgan fingerprint density at radius 1 is 1.36 bits per heavy atom. The molecule has 0 bridgehead atoms. The molecule has 1 amide bonds. The van der Waals surface area contributed by atoms with E-state index in [1.54, 1.807) is 0 Å². The van der Waals surface area contributed by atoms with E-state index in [1.807, 2.05) is 26.0 Å². The van der Waals surface area contributed by atoms with Crippen LogP contribution in [0.15, 0.2) is 24.3 Å². The lowest BCUT2D eigenvalue weighted by Gasteiger charge is -2.18. The highest BCUT2D eigenvalue weighted by Crippen LogP contribution is 2.61. The molecule has 0 heterocycles. The Bertz CT molecular complexity index is 610. The minimum atomic E-state index is -0.941. The van der Waals surface area contributed by atoms with Crippen molar-refractivity contribution < 1.29 is 14.7 Å². The Labute approximate surface area is 130 Å². The van der Waals surface area contributed by atoms with Crippen LogP contribution in [0.4, 0.5) is 0 Å². The lowest BCUT2D eigenvalue weighted by molar-refractivity contribution is -0.142. The molecule has 3 unspecified atom stereocenters. The zero-order chi connectivity index (χ0) is 15.9. The molecule has 0 saturated heterocycles. The molecule has 0 aliphatic heterocycles. The largest absolute Gasteiger partial charge is 0.480 e. The van der Waals surface area contributed by atoms with Gasteiger partial charge in [-0.1, -0.05) is 38.1 Å². The number of benzene rings is 1. The molecule has 3 rings (SSSR count). The van der Waals surface area contributed by atoms with Crippen molar-refractivity contribution in [3.05, 3.63) is 35.4 Å². The van der Waals surface area contributed by atoms with Gasteiger partial charge in [-0.05, 0) is 42.7 Å². The number of aliphatic carboxylic acids is 1. The zero-order valence-corrected chi connectivity index (χ0v) is 13.1. The van der Waals surface area contributed by atoms with Crippen LogP contribution in [0.1, 0.15) is 44.2 Å². The maximum absolute atomic E-state index is 12.5. The third kappa shape index (κ3) is 2.51. The quantitative estimate of drug-likeness (QED) is 0.878. The van der Waals surface area contributed by atoms with E-state index in [0.29, 0.717) is 6.42 Å². The van der Waals surface area contributed by atoms with Crippen LogP contribution in [0.25, 0.3) is 0 Å². The summed E-state index contributed by atoms with van der Waals surface area (Å²) in [6.45, 7) is 3.93. The summed E-state index contributed by atoms with van der Waals surface area (Å²) < 4.78 is 0. The number of aryl methyl sites for hydroxylation is 1. The third-order valence-corrected chi connectivity index (χ3v) is 5.11. The van der Waals surface area contributed by atoms with Crippen molar-refractivity contribution in [1.82, 2.24) is 5.32 Å². The molecule has 0 radical (unpaired) electrons. The van der Waals surface area contributed by atoms with E-state index in [2.05, 4.69) is 17.4 Å². The molecule has 1 aromatic carbocycles. The van der Waals surface area contributed by atoms with Crippen LogP contribution in [0.3, 0.4) is 0 Å². The van der Waals surface area contributed by atoms with Gasteiger partial charge in [0.25, 0.3) is 0 Å². The summed E-state index contributed by atoms with van der Waals surface area (Å²) in [6, 6.07) is 7.55. The summed E-state index contributed by atoms with van der Waals surface area (Å²) in [6.07, 6.45) is 3.35. The summed E-state index contributed by atoms with van der Waals surface area (Å²) in [5.41, 5.74) is 2.61. The molecule has 2 aliphatic rings. The van der Waals surface area contributed by atoms with Crippen LogP contribution in [-0.2, 0) is 21.4 Å². The molecule has 4 heteroatoms. The van der Waals surface area contributed by atoms with Crippen LogP contribution in [0, 0.1) is 11.8 Å².